The van der Waals surface area contributed by atoms with Gasteiger partial charge in [-0.2, -0.15) is 9.97 Å². The van der Waals surface area contributed by atoms with Crippen molar-refractivity contribution in [1.29, 1.82) is 0 Å². The van der Waals surface area contributed by atoms with Crippen molar-refractivity contribution in [1.82, 2.24) is 14.5 Å². The third-order valence-electron chi connectivity index (χ3n) is 3.12. The van der Waals surface area contributed by atoms with Crippen molar-refractivity contribution in [2.75, 3.05) is 11.1 Å². The lowest BCUT2D eigenvalue weighted by molar-refractivity contribution is -0.118. The Morgan fingerprint density at radius 1 is 1.33 bits per heavy atom. The molecule has 0 unspecified atom stereocenters. The molecule has 2 heterocycles. The highest BCUT2D eigenvalue weighted by Gasteiger charge is 2.17. The van der Waals surface area contributed by atoms with E-state index in [9.17, 15) is 4.79 Å². The molecule has 112 valence electrons. The van der Waals surface area contributed by atoms with E-state index in [2.05, 4.69) is 29.1 Å². The molecule has 0 spiro atoms. The summed E-state index contributed by atoms with van der Waals surface area (Å²) in [7, 11) is 0. The monoisotopic (exact) mass is 287 g/mol. The highest BCUT2D eigenvalue weighted by molar-refractivity contribution is 5.84. The first kappa shape index (κ1) is 15.0. The van der Waals surface area contributed by atoms with Gasteiger partial charge in [0.05, 0.1) is 6.04 Å². The van der Waals surface area contributed by atoms with E-state index in [0.717, 1.165) is 6.42 Å². The van der Waals surface area contributed by atoms with Crippen LogP contribution in [0.5, 0.6) is 0 Å². The summed E-state index contributed by atoms with van der Waals surface area (Å²) in [5.41, 5.74) is 5.76. The fraction of sp³-hybridized carbons (Fsp3) is 0.400. The summed E-state index contributed by atoms with van der Waals surface area (Å²) in [6.07, 6.45) is 4.50. The first-order valence-electron chi connectivity index (χ1n) is 7.00. The Hall–Kier alpha value is -2.37. The first-order valence-corrected chi connectivity index (χ1v) is 7.00. The second-order valence-electron chi connectivity index (χ2n) is 5.50. The van der Waals surface area contributed by atoms with Crippen LogP contribution in [0.1, 0.15) is 27.2 Å². The van der Waals surface area contributed by atoms with E-state index in [1.54, 1.807) is 13.0 Å². The third-order valence-corrected chi connectivity index (χ3v) is 3.12. The predicted molar refractivity (Wildman–Crippen MR) is 83.3 cm³/mol. The van der Waals surface area contributed by atoms with E-state index in [0.29, 0.717) is 17.6 Å². The zero-order valence-electron chi connectivity index (χ0n) is 12.6. The third kappa shape index (κ3) is 4.05. The number of nitrogen functional groups attached to an aromatic ring is 1. The Balaban J connectivity index is 2.25. The SMILES string of the molecule is CC(=O)[C@@H](CC(C)C)Nc1cc(-n2cccc2)nc(N)n1. The summed E-state index contributed by atoms with van der Waals surface area (Å²) in [5, 5.41) is 3.16. The molecule has 0 aliphatic heterocycles. The Labute approximate surface area is 124 Å². The summed E-state index contributed by atoms with van der Waals surface area (Å²) in [4.78, 5) is 20.1. The fourth-order valence-corrected chi connectivity index (χ4v) is 2.12. The number of Topliss-reactive ketones (excluding diaryl/α,β-unsaturated/α-hetero) is 1. The quantitative estimate of drug-likeness (QED) is 0.851. The molecule has 0 aliphatic rings. The summed E-state index contributed by atoms with van der Waals surface area (Å²) < 4.78 is 1.84. The van der Waals surface area contributed by atoms with Crippen LogP contribution in [0.25, 0.3) is 5.82 Å². The molecule has 0 bridgehead atoms. The van der Waals surface area contributed by atoms with Crippen molar-refractivity contribution in [2.45, 2.75) is 33.2 Å². The van der Waals surface area contributed by atoms with Gasteiger partial charge in [-0.15, -0.1) is 0 Å². The standard InChI is InChI=1S/C15H21N5O/c1-10(2)8-12(11(3)21)17-13-9-14(19-15(16)18-13)20-6-4-5-7-20/h4-7,9-10,12H,8H2,1-3H3,(H3,16,17,18,19)/t12-/m1/s1. The molecule has 0 aliphatic carbocycles. The topological polar surface area (TPSA) is 85.8 Å². The minimum absolute atomic E-state index is 0.0865. The summed E-state index contributed by atoms with van der Waals surface area (Å²) in [6, 6.07) is 5.33. The number of carbonyl (C=O) groups is 1. The molecule has 0 aromatic carbocycles. The Morgan fingerprint density at radius 2 is 2.00 bits per heavy atom. The van der Waals surface area contributed by atoms with Gasteiger partial charge in [-0.1, -0.05) is 13.8 Å². The van der Waals surface area contributed by atoms with Gasteiger partial charge in [0.1, 0.15) is 11.6 Å². The van der Waals surface area contributed by atoms with Crippen LogP contribution in [0.3, 0.4) is 0 Å². The second kappa shape index (κ2) is 6.39. The summed E-state index contributed by atoms with van der Waals surface area (Å²) in [6.45, 7) is 5.74. The molecule has 6 nitrogen and oxygen atoms in total. The van der Waals surface area contributed by atoms with Crippen molar-refractivity contribution in [2.24, 2.45) is 5.92 Å². The Bertz CT molecular complexity index is 607. The zero-order valence-corrected chi connectivity index (χ0v) is 12.6. The van der Waals surface area contributed by atoms with Crippen LogP contribution in [-0.4, -0.2) is 26.4 Å². The number of nitrogens with two attached hydrogens (primary N) is 1. The normalized spacial score (nSPS) is 12.4. The Kier molecular flexibility index (Phi) is 4.57. The van der Waals surface area contributed by atoms with E-state index < -0.39 is 0 Å². The lowest BCUT2D eigenvalue weighted by Gasteiger charge is -2.19. The molecule has 1 atom stereocenters. The highest BCUT2D eigenvalue weighted by Crippen LogP contribution is 2.16. The molecule has 6 heteroatoms. The number of aromatic nitrogens is 3. The van der Waals surface area contributed by atoms with E-state index in [1.807, 2.05) is 29.1 Å². The number of anilines is 2. The van der Waals surface area contributed by atoms with E-state index >= 15 is 0 Å². The van der Waals surface area contributed by atoms with Crippen LogP contribution in [-0.2, 0) is 4.79 Å². The molecular formula is C15H21N5O. The van der Waals surface area contributed by atoms with Crippen LogP contribution < -0.4 is 11.1 Å². The molecule has 0 fully saturated rings. The number of rotatable bonds is 6. The van der Waals surface area contributed by atoms with Crippen LogP contribution in [0.4, 0.5) is 11.8 Å². The average molecular weight is 287 g/mol. The number of nitrogens with one attached hydrogen (secondary N) is 1. The molecule has 0 amide bonds. The van der Waals surface area contributed by atoms with Crippen LogP contribution >= 0.6 is 0 Å². The second-order valence-corrected chi connectivity index (χ2v) is 5.50. The molecule has 2 rings (SSSR count). The highest BCUT2D eigenvalue weighted by atomic mass is 16.1. The molecule has 0 saturated carbocycles. The van der Waals surface area contributed by atoms with Crippen molar-refractivity contribution in [3.8, 4) is 5.82 Å². The van der Waals surface area contributed by atoms with Crippen LogP contribution in [0, 0.1) is 5.92 Å². The van der Waals surface area contributed by atoms with Gasteiger partial charge in [-0.3, -0.25) is 4.79 Å². The van der Waals surface area contributed by atoms with Gasteiger partial charge < -0.3 is 15.6 Å². The van der Waals surface area contributed by atoms with Gasteiger partial charge in [-0.05, 0) is 31.4 Å². The minimum Gasteiger partial charge on any atom is -0.368 e. The smallest absolute Gasteiger partial charge is 0.223 e. The minimum atomic E-state index is -0.267. The van der Waals surface area contributed by atoms with Gasteiger partial charge in [0.15, 0.2) is 5.78 Å². The van der Waals surface area contributed by atoms with Gasteiger partial charge >= 0.3 is 0 Å². The van der Waals surface area contributed by atoms with Gasteiger partial charge in [-0.25, -0.2) is 0 Å². The molecule has 2 aromatic rings. The molecule has 21 heavy (non-hydrogen) atoms. The number of hydrogen-bond donors (Lipinski definition) is 2. The number of hydrogen-bond acceptors (Lipinski definition) is 5. The maximum Gasteiger partial charge on any atom is 0.223 e. The number of nitrogens with zero attached hydrogens (tertiary/aromatic N) is 3. The average Bonchev–Trinajstić information content (AvgIpc) is 2.90. The van der Waals surface area contributed by atoms with Gasteiger partial charge in [0.25, 0.3) is 0 Å². The molecular weight excluding hydrogens is 266 g/mol. The summed E-state index contributed by atoms with van der Waals surface area (Å²) in [5.74, 6) is 1.90. The molecule has 2 aromatic heterocycles. The summed E-state index contributed by atoms with van der Waals surface area (Å²) >= 11 is 0. The largest absolute Gasteiger partial charge is 0.368 e. The fourth-order valence-electron chi connectivity index (χ4n) is 2.12. The number of ketones is 1. The van der Waals surface area contributed by atoms with Crippen LogP contribution in [0.2, 0.25) is 0 Å². The lowest BCUT2D eigenvalue weighted by Crippen LogP contribution is -2.29. The van der Waals surface area contributed by atoms with Gasteiger partial charge in [0, 0.05) is 18.5 Å². The van der Waals surface area contributed by atoms with E-state index in [1.165, 1.54) is 0 Å². The van der Waals surface area contributed by atoms with Crippen molar-refractivity contribution in [3.63, 3.8) is 0 Å². The maximum absolute atomic E-state index is 11.7. The lowest BCUT2D eigenvalue weighted by atomic mass is 10.0. The first-order chi connectivity index (χ1) is 9.95. The molecule has 0 saturated heterocycles. The zero-order chi connectivity index (χ0) is 15.4. The maximum atomic E-state index is 11.7. The van der Waals surface area contributed by atoms with Crippen LogP contribution in [0.15, 0.2) is 30.6 Å². The van der Waals surface area contributed by atoms with Crippen molar-refractivity contribution >= 4 is 17.5 Å². The predicted octanol–water partition coefficient (Wildman–Crippen LogP) is 2.27. The number of carbonyl (C=O) groups excluding carboxylic acids is 1. The molecule has 0 radical (unpaired) electrons. The Morgan fingerprint density at radius 3 is 2.57 bits per heavy atom. The van der Waals surface area contributed by atoms with E-state index in [-0.39, 0.29) is 17.8 Å². The van der Waals surface area contributed by atoms with Crippen molar-refractivity contribution < 1.29 is 4.79 Å². The molecule has 3 N–H and O–H groups in total. The van der Waals surface area contributed by atoms with E-state index in [4.69, 9.17) is 5.73 Å². The van der Waals surface area contributed by atoms with Gasteiger partial charge in [0.2, 0.25) is 5.95 Å². The van der Waals surface area contributed by atoms with Crippen molar-refractivity contribution in [3.05, 3.63) is 30.6 Å².